The van der Waals surface area contributed by atoms with Crippen LogP contribution in [0.3, 0.4) is 0 Å². The number of benzene rings is 1. The lowest BCUT2D eigenvalue weighted by atomic mass is 9.87. The van der Waals surface area contributed by atoms with Crippen LogP contribution in [-0.2, 0) is 24.2 Å². The zero-order valence-electron chi connectivity index (χ0n) is 17.4. The van der Waals surface area contributed by atoms with E-state index in [-0.39, 0.29) is 24.4 Å². The molecule has 28 heavy (non-hydrogen) atoms. The Kier molecular flexibility index (Phi) is 7.53. The maximum atomic E-state index is 12.6. The van der Waals surface area contributed by atoms with E-state index in [1.807, 2.05) is 19.1 Å². The van der Waals surface area contributed by atoms with E-state index >= 15 is 0 Å². The number of anilines is 1. The van der Waals surface area contributed by atoms with Crippen LogP contribution >= 0.6 is 12.4 Å². The van der Waals surface area contributed by atoms with Crippen LogP contribution in [0.2, 0.25) is 0 Å². The molecule has 3 N–H and O–H groups in total. The maximum Gasteiger partial charge on any atom is 0.220 e. The second-order valence-corrected chi connectivity index (χ2v) is 8.20. The van der Waals surface area contributed by atoms with Gasteiger partial charge in [0.2, 0.25) is 5.91 Å². The molecule has 0 bridgehead atoms. The fourth-order valence-electron chi connectivity index (χ4n) is 4.11. The van der Waals surface area contributed by atoms with Crippen LogP contribution in [0.1, 0.15) is 67.2 Å². The van der Waals surface area contributed by atoms with Gasteiger partial charge in [0.15, 0.2) is 0 Å². The van der Waals surface area contributed by atoms with E-state index in [1.165, 1.54) is 22.4 Å². The Hall–Kier alpha value is -2.01. The van der Waals surface area contributed by atoms with E-state index in [1.54, 1.807) is 0 Å². The number of rotatable bonds is 6. The molecule has 6 heteroatoms. The third kappa shape index (κ3) is 5.07. The fraction of sp³-hybridized carbons (Fsp3) is 0.545. The largest absolute Gasteiger partial charge is 0.399 e. The predicted octanol–water partition coefficient (Wildman–Crippen LogP) is 4.29. The smallest absolute Gasteiger partial charge is 0.220 e. The van der Waals surface area contributed by atoms with E-state index in [4.69, 9.17) is 5.73 Å². The lowest BCUT2D eigenvalue weighted by Gasteiger charge is -2.26. The number of aromatic nitrogens is 2. The molecule has 0 spiro atoms. The second kappa shape index (κ2) is 9.46. The number of nitrogens with two attached hydrogens (primary N) is 1. The number of hydrogen-bond acceptors (Lipinski definition) is 3. The van der Waals surface area contributed by atoms with Crippen LogP contribution in [0, 0.1) is 19.8 Å². The number of carbonyl (C=O) groups is 1. The average Bonchev–Trinajstić information content (AvgIpc) is 2.86. The lowest BCUT2D eigenvalue weighted by Crippen LogP contribution is -2.31. The number of hydrogen-bond donors (Lipinski definition) is 2. The highest BCUT2D eigenvalue weighted by molar-refractivity contribution is 5.85. The van der Waals surface area contributed by atoms with Crippen LogP contribution < -0.4 is 11.1 Å². The van der Waals surface area contributed by atoms with Gasteiger partial charge in [0, 0.05) is 24.3 Å². The monoisotopic (exact) mass is 404 g/mol. The van der Waals surface area contributed by atoms with Gasteiger partial charge < -0.3 is 11.1 Å². The normalized spacial score (nSPS) is 15.8. The number of halogens is 1. The van der Waals surface area contributed by atoms with E-state index in [9.17, 15) is 4.79 Å². The Morgan fingerprint density at radius 1 is 1.36 bits per heavy atom. The van der Waals surface area contributed by atoms with Gasteiger partial charge in [-0.1, -0.05) is 19.9 Å². The van der Waals surface area contributed by atoms with Gasteiger partial charge in [-0.3, -0.25) is 9.48 Å². The number of amides is 1. The standard InChI is InChI=1S/C22H32N4O.ClH/c1-14(2)13-26-16(4)19(15(3)25-26)10-11-22(27)24-21-7-5-6-17-12-18(23)8-9-20(17)21;/h8-9,12,14,21H,5-7,10-11,13,23H2,1-4H3,(H,24,27);1H. The van der Waals surface area contributed by atoms with E-state index in [0.717, 1.165) is 43.6 Å². The van der Waals surface area contributed by atoms with E-state index < -0.39 is 0 Å². The molecule has 1 atom stereocenters. The maximum absolute atomic E-state index is 12.6. The van der Waals surface area contributed by atoms with Crippen molar-refractivity contribution in [3.63, 3.8) is 0 Å². The van der Waals surface area contributed by atoms with Crippen molar-refractivity contribution < 1.29 is 4.79 Å². The molecule has 1 amide bonds. The molecule has 5 nitrogen and oxygen atoms in total. The average molecular weight is 405 g/mol. The fourth-order valence-corrected chi connectivity index (χ4v) is 4.11. The van der Waals surface area contributed by atoms with Crippen molar-refractivity contribution in [1.82, 2.24) is 15.1 Å². The van der Waals surface area contributed by atoms with Crippen LogP contribution in [-0.4, -0.2) is 15.7 Å². The summed E-state index contributed by atoms with van der Waals surface area (Å²) in [5.41, 5.74) is 12.6. The SMILES string of the molecule is Cc1nn(CC(C)C)c(C)c1CCC(=O)NC1CCCc2cc(N)ccc21.Cl. The zero-order valence-corrected chi connectivity index (χ0v) is 18.2. The molecule has 154 valence electrons. The minimum Gasteiger partial charge on any atom is -0.399 e. The first-order chi connectivity index (χ1) is 12.8. The number of carbonyl (C=O) groups excluding carboxylic acids is 1. The Labute approximate surface area is 174 Å². The van der Waals surface area contributed by atoms with Crippen molar-refractivity contribution >= 4 is 24.0 Å². The quantitative estimate of drug-likeness (QED) is 0.705. The van der Waals surface area contributed by atoms with Gasteiger partial charge in [-0.05, 0) is 74.3 Å². The number of nitrogens with one attached hydrogen (secondary N) is 1. The topological polar surface area (TPSA) is 72.9 Å². The van der Waals surface area contributed by atoms with Crippen molar-refractivity contribution in [2.75, 3.05) is 5.73 Å². The molecule has 0 fully saturated rings. The molecule has 0 saturated carbocycles. The molecular formula is C22H33ClN4O. The van der Waals surface area contributed by atoms with Gasteiger partial charge in [0.25, 0.3) is 0 Å². The highest BCUT2D eigenvalue weighted by Gasteiger charge is 2.22. The van der Waals surface area contributed by atoms with Crippen LogP contribution in [0.25, 0.3) is 0 Å². The molecule has 3 rings (SSSR count). The summed E-state index contributed by atoms with van der Waals surface area (Å²) in [4.78, 5) is 12.6. The number of nitrogens with zero attached hydrogens (tertiary/aromatic N) is 2. The van der Waals surface area contributed by atoms with Crippen LogP contribution in [0.4, 0.5) is 5.69 Å². The predicted molar refractivity (Wildman–Crippen MR) is 117 cm³/mol. The van der Waals surface area contributed by atoms with Gasteiger partial charge in [0.1, 0.15) is 0 Å². The molecule has 1 aromatic heterocycles. The van der Waals surface area contributed by atoms with E-state index in [0.29, 0.717) is 12.3 Å². The van der Waals surface area contributed by atoms with Crippen molar-refractivity contribution in [3.8, 4) is 0 Å². The van der Waals surface area contributed by atoms with E-state index in [2.05, 4.69) is 41.9 Å². The highest BCUT2D eigenvalue weighted by Crippen LogP contribution is 2.31. The summed E-state index contributed by atoms with van der Waals surface area (Å²) in [6, 6.07) is 6.15. The molecule has 1 aliphatic rings. The zero-order chi connectivity index (χ0) is 19.6. The first-order valence-corrected chi connectivity index (χ1v) is 10.1. The number of nitrogen functional groups attached to an aromatic ring is 1. The third-order valence-electron chi connectivity index (χ3n) is 5.49. The minimum absolute atomic E-state index is 0. The lowest BCUT2D eigenvalue weighted by molar-refractivity contribution is -0.121. The first-order valence-electron chi connectivity index (χ1n) is 10.1. The molecule has 1 unspecified atom stereocenters. The van der Waals surface area contributed by atoms with Gasteiger partial charge in [-0.15, -0.1) is 12.4 Å². The summed E-state index contributed by atoms with van der Waals surface area (Å²) in [6.07, 6.45) is 4.35. The molecule has 0 radical (unpaired) electrons. The van der Waals surface area contributed by atoms with Gasteiger partial charge >= 0.3 is 0 Å². The Bertz CT molecular complexity index is 828. The molecule has 0 aliphatic heterocycles. The van der Waals surface area contributed by atoms with Crippen molar-refractivity contribution in [2.45, 2.75) is 72.4 Å². The molecule has 0 saturated heterocycles. The summed E-state index contributed by atoms with van der Waals surface area (Å²) in [6.45, 7) is 9.45. The van der Waals surface area contributed by atoms with Gasteiger partial charge in [0.05, 0.1) is 11.7 Å². The first kappa shape index (κ1) is 22.3. The minimum atomic E-state index is 0. The Morgan fingerprint density at radius 3 is 2.82 bits per heavy atom. The van der Waals surface area contributed by atoms with Gasteiger partial charge in [-0.25, -0.2) is 0 Å². The van der Waals surface area contributed by atoms with Gasteiger partial charge in [-0.2, -0.15) is 5.10 Å². The van der Waals surface area contributed by atoms with Crippen LogP contribution in [0.15, 0.2) is 18.2 Å². The molecule has 1 aromatic carbocycles. The summed E-state index contributed by atoms with van der Waals surface area (Å²) in [7, 11) is 0. The van der Waals surface area contributed by atoms with Crippen molar-refractivity contribution in [1.29, 1.82) is 0 Å². The summed E-state index contributed by atoms with van der Waals surface area (Å²) < 4.78 is 2.08. The Morgan fingerprint density at radius 2 is 2.11 bits per heavy atom. The molecular weight excluding hydrogens is 372 g/mol. The third-order valence-corrected chi connectivity index (χ3v) is 5.49. The number of aryl methyl sites for hydroxylation is 2. The number of fused-ring (bicyclic) bond motifs is 1. The van der Waals surface area contributed by atoms with Crippen molar-refractivity contribution in [2.24, 2.45) is 5.92 Å². The molecule has 1 heterocycles. The molecule has 1 aliphatic carbocycles. The summed E-state index contributed by atoms with van der Waals surface area (Å²) in [5, 5.41) is 7.89. The summed E-state index contributed by atoms with van der Waals surface area (Å²) in [5.74, 6) is 0.666. The van der Waals surface area contributed by atoms with Crippen molar-refractivity contribution in [3.05, 3.63) is 46.3 Å². The second-order valence-electron chi connectivity index (χ2n) is 8.20. The molecule has 2 aromatic rings. The summed E-state index contributed by atoms with van der Waals surface area (Å²) >= 11 is 0. The highest BCUT2D eigenvalue weighted by atomic mass is 35.5. The van der Waals surface area contributed by atoms with Crippen LogP contribution in [0.5, 0.6) is 0 Å². The Balaban J connectivity index is 0.00000280.